The van der Waals surface area contributed by atoms with Crippen molar-refractivity contribution in [3.63, 3.8) is 0 Å². The van der Waals surface area contributed by atoms with Crippen LogP contribution in [0.2, 0.25) is 0 Å². The third kappa shape index (κ3) is 5.65. The number of alkyl halides is 1. The number of ether oxygens (including phenoxy) is 1. The van der Waals surface area contributed by atoms with E-state index in [4.69, 9.17) is 4.74 Å². The average molecular weight is 531 g/mol. The van der Waals surface area contributed by atoms with E-state index in [2.05, 4.69) is 48.1 Å². The fourth-order valence-corrected chi connectivity index (χ4v) is 4.92. The Hall–Kier alpha value is -4.20. The molecule has 0 fully saturated rings. The molecule has 0 bridgehead atoms. The van der Waals surface area contributed by atoms with E-state index in [1.54, 1.807) is 12.3 Å². The number of rotatable bonds is 8. The Morgan fingerprint density at radius 1 is 0.949 bits per heavy atom. The molecular formula is C31H29F3N4O. The molecule has 39 heavy (non-hydrogen) atoms. The van der Waals surface area contributed by atoms with Crippen LogP contribution in [-0.2, 0) is 13.2 Å². The summed E-state index contributed by atoms with van der Waals surface area (Å²) in [5.41, 5.74) is 4.47. The van der Waals surface area contributed by atoms with Gasteiger partial charge in [0.25, 0.3) is 0 Å². The van der Waals surface area contributed by atoms with E-state index in [1.165, 1.54) is 16.9 Å². The molecule has 0 saturated carbocycles. The van der Waals surface area contributed by atoms with Crippen LogP contribution in [0.25, 0.3) is 22.2 Å². The molecule has 0 N–H and O–H groups in total. The molecule has 0 aliphatic carbocycles. The Bertz CT molecular complexity index is 1600. The summed E-state index contributed by atoms with van der Waals surface area (Å²) in [5.74, 6) is -1.20. The Labute approximate surface area is 225 Å². The third-order valence-corrected chi connectivity index (χ3v) is 6.63. The van der Waals surface area contributed by atoms with Crippen molar-refractivity contribution in [1.82, 2.24) is 20.0 Å². The van der Waals surface area contributed by atoms with Crippen molar-refractivity contribution >= 4 is 10.9 Å². The molecule has 2 aromatic heterocycles. The highest BCUT2D eigenvalue weighted by molar-refractivity contribution is 5.79. The topological polar surface area (TPSA) is 52.8 Å². The van der Waals surface area contributed by atoms with Crippen LogP contribution in [0.15, 0.2) is 79.0 Å². The molecule has 0 amide bonds. The largest absolute Gasteiger partial charge is 0.487 e. The van der Waals surface area contributed by atoms with Gasteiger partial charge in [-0.05, 0) is 59.0 Å². The first-order valence-electron chi connectivity index (χ1n) is 12.8. The lowest BCUT2D eigenvalue weighted by Gasteiger charge is -2.33. The first kappa shape index (κ1) is 26.4. The molecule has 3 aromatic carbocycles. The number of nitrogens with zero attached hydrogens (tertiary/aromatic N) is 4. The van der Waals surface area contributed by atoms with E-state index in [1.807, 2.05) is 36.4 Å². The van der Waals surface area contributed by atoms with E-state index in [9.17, 15) is 13.2 Å². The van der Waals surface area contributed by atoms with E-state index >= 15 is 0 Å². The normalized spacial score (nSPS) is 12.6. The van der Waals surface area contributed by atoms with E-state index in [-0.39, 0.29) is 29.9 Å². The van der Waals surface area contributed by atoms with Gasteiger partial charge in [-0.1, -0.05) is 51.1 Å². The molecular weight excluding hydrogens is 501 g/mol. The first-order valence-corrected chi connectivity index (χ1v) is 12.8. The summed E-state index contributed by atoms with van der Waals surface area (Å²) >= 11 is 0. The zero-order chi connectivity index (χ0) is 27.6. The van der Waals surface area contributed by atoms with E-state index in [0.717, 1.165) is 22.8 Å². The minimum atomic E-state index is -0.912. The minimum Gasteiger partial charge on any atom is -0.487 e. The summed E-state index contributed by atoms with van der Waals surface area (Å²) in [6.45, 7) is 6.24. The van der Waals surface area contributed by atoms with Crippen molar-refractivity contribution in [3.8, 4) is 17.0 Å². The van der Waals surface area contributed by atoms with Gasteiger partial charge in [0.15, 0.2) is 11.6 Å². The van der Waals surface area contributed by atoms with Crippen LogP contribution in [0, 0.1) is 17.0 Å². The SMILES string of the molecule is CC(C)(C)C(c1ccccc1)c1cc(OCc2ccc3c(F)c(F)ccc3n2)ccc1-c1cnn(CCF)n1. The smallest absolute Gasteiger partial charge is 0.168 e. The van der Waals surface area contributed by atoms with Crippen molar-refractivity contribution in [2.24, 2.45) is 5.41 Å². The second kappa shape index (κ2) is 10.9. The fraction of sp³-hybridized carbons (Fsp3) is 0.258. The fourth-order valence-electron chi connectivity index (χ4n) is 4.92. The molecule has 0 radical (unpaired) electrons. The van der Waals surface area contributed by atoms with Crippen LogP contribution in [0.3, 0.4) is 0 Å². The molecule has 8 heteroatoms. The first-order chi connectivity index (χ1) is 18.7. The predicted octanol–water partition coefficient (Wildman–Crippen LogP) is 7.50. The Kier molecular flexibility index (Phi) is 7.37. The minimum absolute atomic E-state index is 0.0137. The summed E-state index contributed by atoms with van der Waals surface area (Å²) in [6.07, 6.45) is 1.65. The maximum absolute atomic E-state index is 14.1. The highest BCUT2D eigenvalue weighted by Gasteiger charge is 2.31. The van der Waals surface area contributed by atoms with Crippen LogP contribution in [-0.4, -0.2) is 26.7 Å². The monoisotopic (exact) mass is 530 g/mol. The number of hydrogen-bond acceptors (Lipinski definition) is 4. The molecule has 2 heterocycles. The van der Waals surface area contributed by atoms with Gasteiger partial charge >= 0.3 is 0 Å². The molecule has 0 spiro atoms. The standard InChI is InChI=1S/C31H29F3N4O/c1-31(2,3)29(20-7-5-4-6-8-20)25-17-22(10-12-23(25)28-18-35-38(37-28)16-15-32)39-19-21-9-11-24-27(36-21)14-13-26(33)30(24)34/h4-14,17-18,29H,15-16,19H2,1-3H3. The summed E-state index contributed by atoms with van der Waals surface area (Å²) in [5, 5.41) is 8.87. The zero-order valence-corrected chi connectivity index (χ0v) is 22.0. The summed E-state index contributed by atoms with van der Waals surface area (Å²) in [7, 11) is 0. The highest BCUT2D eigenvalue weighted by Crippen LogP contribution is 2.45. The van der Waals surface area contributed by atoms with E-state index < -0.39 is 18.3 Å². The molecule has 5 rings (SSSR count). The second-order valence-electron chi connectivity index (χ2n) is 10.5. The number of aromatic nitrogens is 4. The zero-order valence-electron chi connectivity index (χ0n) is 22.0. The summed E-state index contributed by atoms with van der Waals surface area (Å²) < 4.78 is 46.7. The number of pyridine rings is 1. The van der Waals surface area contributed by atoms with Gasteiger partial charge in [-0.25, -0.2) is 18.2 Å². The molecule has 0 aliphatic rings. The van der Waals surface area contributed by atoms with Gasteiger partial charge in [-0.3, -0.25) is 0 Å². The van der Waals surface area contributed by atoms with Gasteiger partial charge in [-0.15, -0.1) is 0 Å². The Balaban J connectivity index is 1.53. The number of fused-ring (bicyclic) bond motifs is 1. The van der Waals surface area contributed by atoms with Crippen molar-refractivity contribution in [2.75, 3.05) is 6.67 Å². The van der Waals surface area contributed by atoms with Gasteiger partial charge < -0.3 is 4.74 Å². The van der Waals surface area contributed by atoms with Crippen LogP contribution in [0.5, 0.6) is 5.75 Å². The summed E-state index contributed by atoms with van der Waals surface area (Å²) in [4.78, 5) is 5.80. The Morgan fingerprint density at radius 2 is 1.74 bits per heavy atom. The molecule has 1 unspecified atom stereocenters. The van der Waals surface area contributed by atoms with Crippen LogP contribution >= 0.6 is 0 Å². The number of aryl methyl sites for hydroxylation is 1. The molecule has 0 aliphatic heterocycles. The van der Waals surface area contributed by atoms with Crippen LogP contribution in [0.4, 0.5) is 13.2 Å². The van der Waals surface area contributed by atoms with Gasteiger partial charge in [-0.2, -0.15) is 15.0 Å². The highest BCUT2D eigenvalue weighted by atomic mass is 19.2. The molecule has 5 aromatic rings. The van der Waals surface area contributed by atoms with Crippen molar-refractivity contribution < 1.29 is 17.9 Å². The van der Waals surface area contributed by atoms with Crippen molar-refractivity contribution in [1.29, 1.82) is 0 Å². The van der Waals surface area contributed by atoms with Gasteiger partial charge in [0.05, 0.1) is 24.0 Å². The van der Waals surface area contributed by atoms with Gasteiger partial charge in [0.2, 0.25) is 0 Å². The lowest BCUT2D eigenvalue weighted by molar-refractivity contribution is 0.300. The third-order valence-electron chi connectivity index (χ3n) is 6.63. The van der Waals surface area contributed by atoms with Crippen LogP contribution in [0.1, 0.15) is 43.5 Å². The van der Waals surface area contributed by atoms with Gasteiger partial charge in [0, 0.05) is 16.9 Å². The molecule has 200 valence electrons. The molecule has 1 atom stereocenters. The summed E-state index contributed by atoms with van der Waals surface area (Å²) in [6, 6.07) is 21.7. The second-order valence-corrected chi connectivity index (χ2v) is 10.5. The van der Waals surface area contributed by atoms with Crippen molar-refractivity contribution in [3.05, 3.63) is 107 Å². The molecule has 0 saturated heterocycles. The maximum Gasteiger partial charge on any atom is 0.168 e. The number of halogens is 3. The quantitative estimate of drug-likeness (QED) is 0.208. The van der Waals surface area contributed by atoms with E-state index in [0.29, 0.717) is 22.7 Å². The van der Waals surface area contributed by atoms with Crippen molar-refractivity contribution in [2.45, 2.75) is 39.8 Å². The Morgan fingerprint density at radius 3 is 2.49 bits per heavy atom. The predicted molar refractivity (Wildman–Crippen MR) is 145 cm³/mol. The lowest BCUT2D eigenvalue weighted by Crippen LogP contribution is -2.20. The van der Waals surface area contributed by atoms with Crippen LogP contribution < -0.4 is 4.74 Å². The lowest BCUT2D eigenvalue weighted by atomic mass is 9.71. The van der Waals surface area contributed by atoms with Gasteiger partial charge in [0.1, 0.15) is 24.7 Å². The number of benzene rings is 3. The molecule has 5 nitrogen and oxygen atoms in total. The number of hydrogen-bond donors (Lipinski definition) is 0. The average Bonchev–Trinajstić information content (AvgIpc) is 3.38. The maximum atomic E-state index is 14.1.